The van der Waals surface area contributed by atoms with Crippen LogP contribution in [0, 0.1) is 6.92 Å². The molecule has 0 aromatic heterocycles. The largest absolute Gasteiger partial charge is 0.507 e. The minimum Gasteiger partial charge on any atom is -0.507 e. The Balaban J connectivity index is 1.89. The lowest BCUT2D eigenvalue weighted by molar-refractivity contribution is -0.140. The van der Waals surface area contributed by atoms with Gasteiger partial charge in [-0.3, -0.25) is 9.59 Å². The first kappa shape index (κ1) is 21.8. The van der Waals surface area contributed by atoms with Gasteiger partial charge in [-0.05, 0) is 42.7 Å². The fourth-order valence-corrected chi connectivity index (χ4v) is 4.29. The topological polar surface area (TPSA) is 66.8 Å². The molecule has 5 heteroatoms. The average molecular weight is 430 g/mol. The quantitative estimate of drug-likeness (QED) is 0.340. The Labute approximate surface area is 187 Å². The third kappa shape index (κ3) is 3.92. The lowest BCUT2D eigenvalue weighted by atomic mass is 9.91. The second-order valence-corrected chi connectivity index (χ2v) is 8.30. The van der Waals surface area contributed by atoms with E-state index in [2.05, 4.69) is 0 Å². The van der Waals surface area contributed by atoms with Crippen molar-refractivity contribution in [3.8, 4) is 0 Å². The van der Waals surface area contributed by atoms with Crippen molar-refractivity contribution >= 4 is 28.2 Å². The normalized spacial score (nSPS) is 18.1. The zero-order chi connectivity index (χ0) is 22.8. The van der Waals surface area contributed by atoms with Gasteiger partial charge >= 0.3 is 0 Å². The molecule has 0 spiro atoms. The van der Waals surface area contributed by atoms with Crippen molar-refractivity contribution in [2.24, 2.45) is 0 Å². The Hall–Kier alpha value is -3.44. The second-order valence-electron chi connectivity index (χ2n) is 8.30. The van der Waals surface area contributed by atoms with Crippen LogP contribution < -0.4 is 0 Å². The van der Waals surface area contributed by atoms with Gasteiger partial charge in [0.25, 0.3) is 11.7 Å². The number of carbonyl (C=O) groups is 2. The van der Waals surface area contributed by atoms with Gasteiger partial charge in [0, 0.05) is 12.1 Å². The number of likely N-dealkylation sites (tertiary alicyclic amines) is 1. The smallest absolute Gasteiger partial charge is 0.295 e. The number of aryl methyl sites for hydroxylation is 1. The van der Waals surface area contributed by atoms with Gasteiger partial charge in [-0.25, -0.2) is 0 Å². The van der Waals surface area contributed by atoms with E-state index >= 15 is 0 Å². The molecule has 3 aromatic rings. The Morgan fingerprint density at radius 1 is 1.00 bits per heavy atom. The fourth-order valence-electron chi connectivity index (χ4n) is 4.29. The molecule has 1 unspecified atom stereocenters. The van der Waals surface area contributed by atoms with E-state index in [-0.39, 0.29) is 24.0 Å². The maximum atomic E-state index is 13.2. The van der Waals surface area contributed by atoms with Crippen LogP contribution in [0.1, 0.15) is 36.6 Å². The number of aliphatic hydroxyl groups excluding tert-OH is 1. The number of hydrogen-bond acceptors (Lipinski definition) is 4. The van der Waals surface area contributed by atoms with Crippen LogP contribution in [0.15, 0.2) is 72.3 Å². The lowest BCUT2D eigenvalue weighted by Crippen LogP contribution is -2.33. The highest BCUT2D eigenvalue weighted by atomic mass is 16.5. The van der Waals surface area contributed by atoms with E-state index in [9.17, 15) is 14.7 Å². The number of nitrogens with zero attached hydrogens (tertiary/aromatic N) is 1. The predicted octanol–water partition coefficient (Wildman–Crippen LogP) is 4.99. The summed E-state index contributed by atoms with van der Waals surface area (Å²) < 4.78 is 5.66. The predicted molar refractivity (Wildman–Crippen MR) is 125 cm³/mol. The van der Waals surface area contributed by atoms with E-state index in [1.54, 1.807) is 6.07 Å². The van der Waals surface area contributed by atoms with Crippen LogP contribution in [0.2, 0.25) is 0 Å². The van der Waals surface area contributed by atoms with E-state index in [1.807, 2.05) is 81.4 Å². The first-order valence-electron chi connectivity index (χ1n) is 10.8. The summed E-state index contributed by atoms with van der Waals surface area (Å²) in [5, 5.41) is 13.2. The zero-order valence-electron chi connectivity index (χ0n) is 18.5. The number of amides is 1. The van der Waals surface area contributed by atoms with Gasteiger partial charge in [0.15, 0.2) is 0 Å². The molecule has 1 aliphatic rings. The van der Waals surface area contributed by atoms with E-state index < -0.39 is 17.7 Å². The van der Waals surface area contributed by atoms with Crippen LogP contribution >= 0.6 is 0 Å². The van der Waals surface area contributed by atoms with Crippen LogP contribution in [0.25, 0.3) is 16.5 Å². The van der Waals surface area contributed by atoms with Crippen LogP contribution in [0.3, 0.4) is 0 Å². The molecular formula is C27H27NO4. The van der Waals surface area contributed by atoms with E-state index in [4.69, 9.17) is 4.74 Å². The number of fused-ring (bicyclic) bond motifs is 1. The molecule has 3 aromatic carbocycles. The lowest BCUT2D eigenvalue weighted by Gasteiger charge is -2.27. The number of carbonyl (C=O) groups excluding carboxylic acids is 2. The molecule has 1 aliphatic heterocycles. The molecule has 0 aliphatic carbocycles. The third-order valence-corrected chi connectivity index (χ3v) is 5.85. The molecule has 1 heterocycles. The molecule has 0 radical (unpaired) electrons. The van der Waals surface area contributed by atoms with Gasteiger partial charge in [-0.1, -0.05) is 66.7 Å². The standard InChI is InChI=1S/C27H27NO4/c1-17(2)32-16-15-28-24(20-12-6-4-9-18(20)3)23(26(30)27(28)31)25(29)22-14-8-11-19-10-5-7-13-21(19)22/h4-14,17,24,29H,15-16H2,1-3H3/b25-23+. The highest BCUT2D eigenvalue weighted by Gasteiger charge is 2.46. The molecule has 1 amide bonds. The molecule has 1 atom stereocenters. The number of hydrogen-bond donors (Lipinski definition) is 1. The van der Waals surface area contributed by atoms with E-state index in [1.165, 1.54) is 4.90 Å². The zero-order valence-corrected chi connectivity index (χ0v) is 18.5. The van der Waals surface area contributed by atoms with Crippen molar-refractivity contribution in [2.45, 2.75) is 32.9 Å². The first-order valence-corrected chi connectivity index (χ1v) is 10.8. The molecular weight excluding hydrogens is 402 g/mol. The second kappa shape index (κ2) is 8.97. The maximum Gasteiger partial charge on any atom is 0.295 e. The summed E-state index contributed by atoms with van der Waals surface area (Å²) in [5.41, 5.74) is 2.42. The van der Waals surface area contributed by atoms with Gasteiger partial charge in [-0.15, -0.1) is 0 Å². The van der Waals surface area contributed by atoms with Gasteiger partial charge in [0.05, 0.1) is 24.3 Å². The molecule has 32 heavy (non-hydrogen) atoms. The van der Waals surface area contributed by atoms with Crippen molar-refractivity contribution in [1.29, 1.82) is 0 Å². The molecule has 1 saturated heterocycles. The summed E-state index contributed by atoms with van der Waals surface area (Å²) in [6.45, 7) is 6.36. The number of Topliss-reactive ketones (excluding diaryl/α,β-unsaturated/α-hetero) is 1. The number of ketones is 1. The van der Waals surface area contributed by atoms with Crippen molar-refractivity contribution < 1.29 is 19.4 Å². The van der Waals surface area contributed by atoms with E-state index in [0.717, 1.165) is 21.9 Å². The van der Waals surface area contributed by atoms with Crippen LogP contribution in [0.5, 0.6) is 0 Å². The van der Waals surface area contributed by atoms with E-state index in [0.29, 0.717) is 12.2 Å². The summed E-state index contributed by atoms with van der Waals surface area (Å²) >= 11 is 0. The minimum atomic E-state index is -0.675. The van der Waals surface area contributed by atoms with Gasteiger partial charge in [-0.2, -0.15) is 0 Å². The van der Waals surface area contributed by atoms with Crippen LogP contribution in [-0.2, 0) is 14.3 Å². The number of benzene rings is 3. The average Bonchev–Trinajstić information content (AvgIpc) is 3.03. The highest BCUT2D eigenvalue weighted by molar-refractivity contribution is 6.46. The van der Waals surface area contributed by atoms with Crippen LogP contribution in [-0.4, -0.2) is 41.0 Å². The molecule has 1 fully saturated rings. The van der Waals surface area contributed by atoms with Crippen molar-refractivity contribution in [1.82, 2.24) is 4.90 Å². The Morgan fingerprint density at radius 3 is 2.44 bits per heavy atom. The van der Waals surface area contributed by atoms with Crippen molar-refractivity contribution in [3.63, 3.8) is 0 Å². The highest BCUT2D eigenvalue weighted by Crippen LogP contribution is 2.41. The molecule has 4 rings (SSSR count). The van der Waals surface area contributed by atoms with Crippen LogP contribution in [0.4, 0.5) is 0 Å². The Morgan fingerprint density at radius 2 is 1.69 bits per heavy atom. The van der Waals surface area contributed by atoms with Gasteiger partial charge in [0.1, 0.15) is 5.76 Å². The maximum absolute atomic E-state index is 13.2. The first-order chi connectivity index (χ1) is 15.4. The van der Waals surface area contributed by atoms with Gasteiger partial charge in [0.2, 0.25) is 0 Å². The SMILES string of the molecule is Cc1ccccc1C1/C(=C(\O)c2cccc3ccccc23)C(=O)C(=O)N1CCOC(C)C. The number of ether oxygens (including phenoxy) is 1. The summed E-state index contributed by atoms with van der Waals surface area (Å²) in [6.07, 6.45) is 0.0133. The summed E-state index contributed by atoms with van der Waals surface area (Å²) in [6, 6.07) is 20.2. The molecule has 0 saturated carbocycles. The summed E-state index contributed by atoms with van der Waals surface area (Å²) in [4.78, 5) is 27.8. The number of rotatable bonds is 6. The summed E-state index contributed by atoms with van der Waals surface area (Å²) in [7, 11) is 0. The third-order valence-electron chi connectivity index (χ3n) is 5.85. The molecule has 1 N–H and O–H groups in total. The molecule has 0 bridgehead atoms. The molecule has 5 nitrogen and oxygen atoms in total. The Kier molecular flexibility index (Phi) is 6.10. The monoisotopic (exact) mass is 429 g/mol. The molecule has 164 valence electrons. The van der Waals surface area contributed by atoms with Crippen molar-refractivity contribution in [3.05, 3.63) is 89.0 Å². The fraction of sp³-hybridized carbons (Fsp3) is 0.259. The van der Waals surface area contributed by atoms with Crippen molar-refractivity contribution in [2.75, 3.05) is 13.2 Å². The van der Waals surface area contributed by atoms with Gasteiger partial charge < -0.3 is 14.7 Å². The minimum absolute atomic E-state index is 0.0133. The number of aliphatic hydroxyl groups is 1. The Bertz CT molecular complexity index is 1210. The summed E-state index contributed by atoms with van der Waals surface area (Å²) in [5.74, 6) is -1.44.